The molecule has 39 heavy (non-hydrogen) atoms. The van der Waals surface area contributed by atoms with Crippen molar-refractivity contribution < 1.29 is 23.9 Å². The number of carbonyl (C=O) groups excluding carboxylic acids is 3. The first-order valence-corrected chi connectivity index (χ1v) is 13.5. The largest absolute Gasteiger partial charge is 0.493 e. The zero-order chi connectivity index (χ0) is 28.3. The van der Waals surface area contributed by atoms with Crippen LogP contribution in [0.25, 0.3) is 6.08 Å². The van der Waals surface area contributed by atoms with Gasteiger partial charge in [-0.2, -0.15) is 0 Å². The predicted molar refractivity (Wildman–Crippen MR) is 156 cm³/mol. The van der Waals surface area contributed by atoms with Crippen molar-refractivity contribution in [3.05, 3.63) is 91.3 Å². The second-order valence-corrected chi connectivity index (χ2v) is 10.9. The number of imide groups is 1. The van der Waals surface area contributed by atoms with E-state index in [4.69, 9.17) is 32.7 Å². The maximum atomic E-state index is 13.0. The minimum atomic E-state index is -0.533. The molecule has 1 saturated heterocycles. The number of amides is 3. The molecule has 0 unspecified atom stereocenters. The number of benzene rings is 3. The quantitative estimate of drug-likeness (QED) is 0.282. The zero-order valence-corrected chi connectivity index (χ0v) is 24.1. The lowest BCUT2D eigenvalue weighted by Gasteiger charge is -2.16. The van der Waals surface area contributed by atoms with Crippen molar-refractivity contribution in [2.75, 3.05) is 19.0 Å². The van der Waals surface area contributed by atoms with Crippen LogP contribution in [0.1, 0.15) is 27.8 Å². The summed E-state index contributed by atoms with van der Waals surface area (Å²) in [5, 5.41) is 3.35. The summed E-state index contributed by atoms with van der Waals surface area (Å²) in [5.74, 6) is -0.0600. The molecular weight excluding hydrogens is 559 g/mol. The molecular formula is C29H26Cl2N2O5S. The Morgan fingerprint density at radius 3 is 2.38 bits per heavy atom. The number of carbonyl (C=O) groups is 3. The van der Waals surface area contributed by atoms with Gasteiger partial charge in [-0.25, -0.2) is 0 Å². The molecule has 0 spiro atoms. The smallest absolute Gasteiger partial charge is 0.294 e. The molecule has 0 radical (unpaired) electrons. The second-order valence-electron chi connectivity index (χ2n) is 9.02. The minimum absolute atomic E-state index is 0.203. The number of rotatable bonds is 8. The molecule has 0 bridgehead atoms. The molecule has 1 aliphatic heterocycles. The molecule has 1 heterocycles. The predicted octanol–water partition coefficient (Wildman–Crippen LogP) is 7.18. The second kappa shape index (κ2) is 12.2. The molecule has 4 rings (SSSR count). The third kappa shape index (κ3) is 6.76. The average Bonchev–Trinajstić information content (AvgIpc) is 3.13. The van der Waals surface area contributed by atoms with Gasteiger partial charge in [0.2, 0.25) is 5.91 Å². The van der Waals surface area contributed by atoms with Gasteiger partial charge in [0.25, 0.3) is 11.1 Å². The first-order chi connectivity index (χ1) is 18.5. The van der Waals surface area contributed by atoms with Gasteiger partial charge >= 0.3 is 0 Å². The third-order valence-corrected chi connectivity index (χ3v) is 7.49. The van der Waals surface area contributed by atoms with Crippen LogP contribution >= 0.6 is 35.0 Å². The van der Waals surface area contributed by atoms with Gasteiger partial charge in [-0.1, -0.05) is 53.0 Å². The van der Waals surface area contributed by atoms with E-state index in [1.807, 2.05) is 32.9 Å². The van der Waals surface area contributed by atoms with Gasteiger partial charge in [0.15, 0.2) is 11.5 Å². The van der Waals surface area contributed by atoms with Gasteiger partial charge in [-0.15, -0.1) is 0 Å². The molecule has 3 aromatic rings. The lowest BCUT2D eigenvalue weighted by molar-refractivity contribution is -0.127. The lowest BCUT2D eigenvalue weighted by atomic mass is 10.1. The van der Waals surface area contributed by atoms with Crippen molar-refractivity contribution in [2.45, 2.75) is 27.4 Å². The standard InChI is InChI=1S/C29H26Cl2N2O5S/c1-16-9-17(2)27(18(3)10-16)32-26(34)14-33-28(35)25(39-29(33)36)12-19-5-8-23(24(11-19)37-4)38-15-20-6-7-21(30)13-22(20)31/h5-13H,14-15H2,1-4H3,(H,32,34)/b25-12+. The SMILES string of the molecule is COc1cc(/C=C2/SC(=O)N(CC(=O)Nc3c(C)cc(C)cc3C)C2=O)ccc1OCc1ccc(Cl)cc1Cl. The highest BCUT2D eigenvalue weighted by molar-refractivity contribution is 8.18. The molecule has 1 N–H and O–H groups in total. The molecule has 10 heteroatoms. The summed E-state index contributed by atoms with van der Waals surface area (Å²) in [6.45, 7) is 5.60. The number of hydrogen-bond acceptors (Lipinski definition) is 6. The maximum absolute atomic E-state index is 13.0. The van der Waals surface area contributed by atoms with Crippen molar-refractivity contribution in [1.82, 2.24) is 4.90 Å². The molecule has 0 atom stereocenters. The fourth-order valence-electron chi connectivity index (χ4n) is 4.17. The van der Waals surface area contributed by atoms with E-state index in [1.54, 1.807) is 42.5 Å². The van der Waals surface area contributed by atoms with Gasteiger partial charge in [-0.3, -0.25) is 19.3 Å². The summed E-state index contributed by atoms with van der Waals surface area (Å²) >= 11 is 13.0. The highest BCUT2D eigenvalue weighted by Gasteiger charge is 2.36. The Morgan fingerprint density at radius 1 is 1.00 bits per heavy atom. The van der Waals surface area contributed by atoms with Crippen LogP contribution < -0.4 is 14.8 Å². The topological polar surface area (TPSA) is 84.9 Å². The summed E-state index contributed by atoms with van der Waals surface area (Å²) < 4.78 is 11.3. The monoisotopic (exact) mass is 584 g/mol. The van der Waals surface area contributed by atoms with E-state index in [-0.39, 0.29) is 18.1 Å². The number of methoxy groups -OCH3 is 1. The Kier molecular flexibility index (Phi) is 8.90. The molecule has 202 valence electrons. The summed E-state index contributed by atoms with van der Waals surface area (Å²) in [4.78, 5) is 39.4. The van der Waals surface area contributed by atoms with Crippen LogP contribution in [0.15, 0.2) is 53.4 Å². The van der Waals surface area contributed by atoms with Gasteiger partial charge in [0.05, 0.1) is 12.0 Å². The fourth-order valence-corrected chi connectivity index (χ4v) is 5.48. The number of nitrogens with zero attached hydrogens (tertiary/aromatic N) is 1. The number of anilines is 1. The van der Waals surface area contributed by atoms with E-state index < -0.39 is 17.1 Å². The Balaban J connectivity index is 1.44. The number of aryl methyl sites for hydroxylation is 3. The van der Waals surface area contributed by atoms with Crippen LogP contribution in [0.4, 0.5) is 10.5 Å². The van der Waals surface area contributed by atoms with E-state index in [0.717, 1.165) is 38.9 Å². The number of ether oxygens (including phenoxy) is 2. The molecule has 1 aliphatic rings. The number of hydrogen-bond donors (Lipinski definition) is 1. The Bertz CT molecular complexity index is 1480. The molecule has 0 aromatic heterocycles. The van der Waals surface area contributed by atoms with Crippen LogP contribution in [0.3, 0.4) is 0 Å². The van der Waals surface area contributed by atoms with E-state index >= 15 is 0 Å². The summed E-state index contributed by atoms with van der Waals surface area (Å²) in [5.41, 5.74) is 4.98. The molecule has 3 aromatic carbocycles. The lowest BCUT2D eigenvalue weighted by Crippen LogP contribution is -2.36. The Labute approximate surface area is 241 Å². The van der Waals surface area contributed by atoms with Crippen molar-refractivity contribution >= 4 is 63.8 Å². The molecule has 0 aliphatic carbocycles. The van der Waals surface area contributed by atoms with E-state index in [0.29, 0.717) is 32.8 Å². The van der Waals surface area contributed by atoms with Crippen molar-refractivity contribution in [3.8, 4) is 11.5 Å². The van der Waals surface area contributed by atoms with Crippen LogP contribution in [-0.4, -0.2) is 35.6 Å². The van der Waals surface area contributed by atoms with Crippen LogP contribution in [0, 0.1) is 20.8 Å². The highest BCUT2D eigenvalue weighted by Crippen LogP contribution is 2.35. The number of nitrogens with one attached hydrogen (secondary N) is 1. The van der Waals surface area contributed by atoms with E-state index in [1.165, 1.54) is 7.11 Å². The minimum Gasteiger partial charge on any atom is -0.493 e. The van der Waals surface area contributed by atoms with Gasteiger partial charge in [0, 0.05) is 21.3 Å². The van der Waals surface area contributed by atoms with Crippen molar-refractivity contribution in [1.29, 1.82) is 0 Å². The Hall–Kier alpha value is -3.46. The van der Waals surface area contributed by atoms with Crippen molar-refractivity contribution in [3.63, 3.8) is 0 Å². The van der Waals surface area contributed by atoms with Crippen LogP contribution in [0.5, 0.6) is 11.5 Å². The third-order valence-electron chi connectivity index (χ3n) is 6.00. The zero-order valence-electron chi connectivity index (χ0n) is 21.8. The molecule has 1 fully saturated rings. The molecule has 3 amide bonds. The summed E-state index contributed by atoms with van der Waals surface area (Å²) in [6, 6.07) is 14.2. The van der Waals surface area contributed by atoms with E-state index in [2.05, 4.69) is 5.32 Å². The van der Waals surface area contributed by atoms with Gasteiger partial charge in [0.1, 0.15) is 13.2 Å². The van der Waals surface area contributed by atoms with Crippen molar-refractivity contribution in [2.24, 2.45) is 0 Å². The average molecular weight is 586 g/mol. The number of thioether (sulfide) groups is 1. The maximum Gasteiger partial charge on any atom is 0.294 e. The number of halogens is 2. The highest BCUT2D eigenvalue weighted by atomic mass is 35.5. The Morgan fingerprint density at radius 2 is 1.72 bits per heavy atom. The van der Waals surface area contributed by atoms with Crippen LogP contribution in [0.2, 0.25) is 10.0 Å². The van der Waals surface area contributed by atoms with Gasteiger partial charge in [-0.05, 0) is 79.6 Å². The normalized spacial score (nSPS) is 14.2. The first kappa shape index (κ1) is 28.5. The first-order valence-electron chi connectivity index (χ1n) is 11.9. The van der Waals surface area contributed by atoms with E-state index in [9.17, 15) is 14.4 Å². The summed E-state index contributed by atoms with van der Waals surface area (Å²) in [7, 11) is 1.51. The van der Waals surface area contributed by atoms with Gasteiger partial charge < -0.3 is 14.8 Å². The fraction of sp³-hybridized carbons (Fsp3) is 0.207. The van der Waals surface area contributed by atoms with Crippen LogP contribution in [-0.2, 0) is 16.2 Å². The molecule has 0 saturated carbocycles. The molecule has 7 nitrogen and oxygen atoms in total. The summed E-state index contributed by atoms with van der Waals surface area (Å²) in [6.07, 6.45) is 1.58.